The molecule has 286 valence electrons. The number of allylic oxidation sites excluding steroid dienone is 1. The first-order valence-electron chi connectivity index (χ1n) is 18.5. The smallest absolute Gasteiger partial charge is 0.313 e. The van der Waals surface area contributed by atoms with Crippen LogP contribution in [0.3, 0.4) is 0 Å². The lowest BCUT2D eigenvalue weighted by molar-refractivity contribution is -0.161. The maximum absolute atomic E-state index is 15.3. The highest BCUT2D eigenvalue weighted by molar-refractivity contribution is 9.09. The van der Waals surface area contributed by atoms with Crippen LogP contribution in [0.4, 0.5) is 0 Å². The van der Waals surface area contributed by atoms with Gasteiger partial charge in [-0.3, -0.25) is 19.2 Å². The van der Waals surface area contributed by atoms with E-state index in [4.69, 9.17) is 9.47 Å². The maximum atomic E-state index is 15.3. The van der Waals surface area contributed by atoms with Gasteiger partial charge in [0.2, 0.25) is 17.7 Å². The number of fused-ring (bicyclic) bond motifs is 1. The van der Waals surface area contributed by atoms with Crippen molar-refractivity contribution in [3.8, 4) is 0 Å². The van der Waals surface area contributed by atoms with Crippen LogP contribution < -0.4 is 5.32 Å². The Kier molecular flexibility index (Phi) is 12.4. The van der Waals surface area contributed by atoms with Crippen molar-refractivity contribution in [1.82, 2.24) is 15.1 Å². The Bertz CT molecular complexity index is 1660. The number of likely N-dealkylation sites (tertiary alicyclic amines) is 1. The number of aliphatic hydroxyl groups is 1. The molecule has 3 saturated heterocycles. The van der Waals surface area contributed by atoms with Crippen molar-refractivity contribution in [2.45, 2.75) is 101 Å². The number of carbonyl (C=O) groups excluding carboxylic acids is 4. The van der Waals surface area contributed by atoms with Gasteiger partial charge < -0.3 is 29.7 Å². The number of aliphatic hydroxyl groups excluding tert-OH is 1. The first-order chi connectivity index (χ1) is 25.1. The van der Waals surface area contributed by atoms with Gasteiger partial charge in [0.15, 0.2) is 0 Å². The Hall–Kier alpha value is -3.80. The van der Waals surface area contributed by atoms with E-state index in [0.717, 1.165) is 0 Å². The number of hydrogen-bond acceptors (Lipinski definition) is 7. The standard InChI is InChI=1S/C42H54BrN3O7/c1-8-10-21-32(48)44-24-31(28-19-15-12-16-20-28)52-39(51)33-34-37(49)46(30(25-47)27-17-13-11-14-18-27)36(42(34)23-29(43)35(33)53-42)38(50)45(22-9-2)41(6,7)26-40(3,4)5/h8-9,11-20,29-31,33-36,47H,1-2,10,21-26H2,3-7H3,(H,44,48)/t29?,30-,31+,33+,34-,35+,36+,42-/m1/s1. The van der Waals surface area contributed by atoms with Crippen molar-refractivity contribution in [3.05, 3.63) is 97.1 Å². The third kappa shape index (κ3) is 8.17. The zero-order valence-electron chi connectivity index (χ0n) is 31.5. The molecule has 3 aliphatic heterocycles. The summed E-state index contributed by atoms with van der Waals surface area (Å²) >= 11 is 3.76. The number of amides is 3. The van der Waals surface area contributed by atoms with Gasteiger partial charge in [-0.05, 0) is 49.7 Å². The summed E-state index contributed by atoms with van der Waals surface area (Å²) in [7, 11) is 0. The Morgan fingerprint density at radius 1 is 1.06 bits per heavy atom. The number of rotatable bonds is 16. The number of nitrogens with zero attached hydrogens (tertiary/aromatic N) is 2. The zero-order valence-corrected chi connectivity index (χ0v) is 33.1. The number of nitrogens with one attached hydrogen (secondary N) is 1. The first-order valence-corrected chi connectivity index (χ1v) is 19.4. The molecule has 1 unspecified atom stereocenters. The fourth-order valence-electron chi connectivity index (χ4n) is 8.93. The highest BCUT2D eigenvalue weighted by atomic mass is 79.9. The third-order valence-corrected chi connectivity index (χ3v) is 11.5. The molecule has 10 nitrogen and oxygen atoms in total. The van der Waals surface area contributed by atoms with E-state index in [1.165, 1.54) is 4.90 Å². The highest BCUT2D eigenvalue weighted by Crippen LogP contribution is 2.62. The van der Waals surface area contributed by atoms with Crippen LogP contribution in [0.2, 0.25) is 0 Å². The largest absolute Gasteiger partial charge is 0.455 e. The van der Waals surface area contributed by atoms with Gasteiger partial charge in [0.05, 0.1) is 37.1 Å². The first kappa shape index (κ1) is 40.4. The number of alkyl halides is 1. The molecule has 0 radical (unpaired) electrons. The quantitative estimate of drug-likeness (QED) is 0.120. The Morgan fingerprint density at radius 2 is 1.68 bits per heavy atom. The van der Waals surface area contributed by atoms with Gasteiger partial charge in [0, 0.05) is 23.3 Å². The molecule has 0 aromatic heterocycles. The molecule has 5 rings (SSSR count). The number of hydrogen-bond donors (Lipinski definition) is 2. The van der Waals surface area contributed by atoms with Gasteiger partial charge in [-0.25, -0.2) is 0 Å². The summed E-state index contributed by atoms with van der Waals surface area (Å²) in [5.74, 6) is -3.76. The lowest BCUT2D eigenvalue weighted by Gasteiger charge is -2.46. The molecule has 3 heterocycles. The van der Waals surface area contributed by atoms with Crippen molar-refractivity contribution >= 4 is 39.6 Å². The Balaban J connectivity index is 1.57. The zero-order chi connectivity index (χ0) is 38.7. The van der Waals surface area contributed by atoms with Gasteiger partial charge >= 0.3 is 5.97 Å². The summed E-state index contributed by atoms with van der Waals surface area (Å²) < 4.78 is 13.0. The van der Waals surface area contributed by atoms with E-state index in [0.29, 0.717) is 30.4 Å². The van der Waals surface area contributed by atoms with Crippen molar-refractivity contribution < 1.29 is 33.8 Å². The minimum atomic E-state index is -1.39. The van der Waals surface area contributed by atoms with Crippen LogP contribution in [0, 0.1) is 17.3 Å². The maximum Gasteiger partial charge on any atom is 0.313 e. The average Bonchev–Trinajstić information content (AvgIpc) is 3.71. The molecule has 3 aliphatic rings. The average molecular weight is 793 g/mol. The van der Waals surface area contributed by atoms with E-state index in [-0.39, 0.29) is 41.6 Å². The predicted octanol–water partition coefficient (Wildman–Crippen LogP) is 6.06. The van der Waals surface area contributed by atoms with E-state index in [9.17, 15) is 14.7 Å². The number of ether oxygens (including phenoxy) is 2. The molecule has 2 aromatic carbocycles. The monoisotopic (exact) mass is 791 g/mol. The number of halogens is 1. The lowest BCUT2D eigenvalue weighted by Crippen LogP contribution is -2.61. The summed E-state index contributed by atoms with van der Waals surface area (Å²) in [5.41, 5.74) is -0.849. The second kappa shape index (κ2) is 16.3. The van der Waals surface area contributed by atoms with Crippen LogP contribution >= 0.6 is 15.9 Å². The Labute approximate surface area is 322 Å². The van der Waals surface area contributed by atoms with Gasteiger partial charge in [0.1, 0.15) is 17.7 Å². The van der Waals surface area contributed by atoms with Crippen LogP contribution in [0.15, 0.2) is 86.0 Å². The molecule has 8 atom stereocenters. The van der Waals surface area contributed by atoms with Crippen molar-refractivity contribution in [3.63, 3.8) is 0 Å². The summed E-state index contributed by atoms with van der Waals surface area (Å²) in [6, 6.07) is 16.2. The summed E-state index contributed by atoms with van der Waals surface area (Å²) in [5, 5.41) is 13.8. The molecule has 0 aliphatic carbocycles. The second-order valence-electron chi connectivity index (χ2n) is 16.3. The molecule has 2 bridgehead atoms. The van der Waals surface area contributed by atoms with Gasteiger partial charge in [-0.2, -0.15) is 0 Å². The molecule has 53 heavy (non-hydrogen) atoms. The summed E-state index contributed by atoms with van der Waals surface area (Å²) in [4.78, 5) is 60.4. The van der Waals surface area contributed by atoms with Gasteiger partial charge in [-0.15, -0.1) is 13.2 Å². The molecular formula is C42H54BrN3O7. The van der Waals surface area contributed by atoms with E-state index in [2.05, 4.69) is 55.2 Å². The SMILES string of the molecule is C=CCCC(=O)NC[C@H](OC(=O)[C@@H]1[C@H]2O[C@@]3(CC2Br)[C@H](C(=O)N(CC=C)C(C)(C)CC(C)(C)C)N([C@H](CO)c2ccccc2)C(=O)[C@@H]13)c1ccccc1. The topological polar surface area (TPSA) is 125 Å². The summed E-state index contributed by atoms with van der Waals surface area (Å²) in [6.07, 6.45) is 3.44. The molecule has 3 amide bonds. The molecule has 2 aromatic rings. The molecule has 2 N–H and O–H groups in total. The van der Waals surface area contributed by atoms with Gasteiger partial charge in [-0.1, -0.05) is 110 Å². The van der Waals surface area contributed by atoms with Crippen LogP contribution in [0.25, 0.3) is 0 Å². The van der Waals surface area contributed by atoms with Crippen molar-refractivity contribution in [2.75, 3.05) is 19.7 Å². The fourth-order valence-corrected chi connectivity index (χ4v) is 9.87. The van der Waals surface area contributed by atoms with Crippen LogP contribution in [-0.4, -0.2) is 86.4 Å². The van der Waals surface area contributed by atoms with E-state index in [1.807, 2.05) is 74.5 Å². The lowest BCUT2D eigenvalue weighted by atomic mass is 9.70. The fraction of sp³-hybridized carbons (Fsp3) is 0.524. The molecule has 11 heteroatoms. The summed E-state index contributed by atoms with van der Waals surface area (Å²) in [6.45, 7) is 17.8. The molecule has 3 fully saturated rings. The Morgan fingerprint density at radius 3 is 2.25 bits per heavy atom. The normalized spacial score (nSPS) is 26.1. The highest BCUT2D eigenvalue weighted by Gasteiger charge is 2.78. The van der Waals surface area contributed by atoms with Gasteiger partial charge in [0.25, 0.3) is 0 Å². The van der Waals surface area contributed by atoms with E-state index >= 15 is 9.59 Å². The van der Waals surface area contributed by atoms with Crippen LogP contribution in [0.5, 0.6) is 0 Å². The minimum absolute atomic E-state index is 0.0265. The van der Waals surface area contributed by atoms with Crippen LogP contribution in [0.1, 0.15) is 83.6 Å². The van der Waals surface area contributed by atoms with E-state index < -0.39 is 65.8 Å². The predicted molar refractivity (Wildman–Crippen MR) is 207 cm³/mol. The number of benzene rings is 2. The molecule has 1 spiro atoms. The van der Waals surface area contributed by atoms with E-state index in [1.54, 1.807) is 17.1 Å². The third-order valence-electron chi connectivity index (χ3n) is 10.7. The van der Waals surface area contributed by atoms with Crippen molar-refractivity contribution in [1.29, 1.82) is 0 Å². The molecule has 0 saturated carbocycles. The molecular weight excluding hydrogens is 738 g/mol. The minimum Gasteiger partial charge on any atom is -0.455 e. The number of carbonyl (C=O) groups is 4. The number of esters is 1. The van der Waals surface area contributed by atoms with Crippen molar-refractivity contribution in [2.24, 2.45) is 17.3 Å². The second-order valence-corrected chi connectivity index (χ2v) is 17.4. The van der Waals surface area contributed by atoms with Crippen LogP contribution in [-0.2, 0) is 28.7 Å².